The second kappa shape index (κ2) is 9.95. The fourth-order valence-electron chi connectivity index (χ4n) is 4.00. The number of hydrogen-bond acceptors (Lipinski definition) is 8. The molecule has 0 radical (unpaired) electrons. The predicted molar refractivity (Wildman–Crippen MR) is 141 cm³/mol. The zero-order valence-corrected chi connectivity index (χ0v) is 22.0. The minimum Gasteiger partial charge on any atom is -0.360 e. The Bertz CT molecular complexity index is 1420. The summed E-state index contributed by atoms with van der Waals surface area (Å²) in [4.78, 5) is 23.7. The molecule has 3 aromatic heterocycles. The predicted octanol–water partition coefficient (Wildman–Crippen LogP) is 4.44. The van der Waals surface area contributed by atoms with Gasteiger partial charge in [0.25, 0.3) is 5.91 Å². The van der Waals surface area contributed by atoms with E-state index in [1.807, 2.05) is 55.9 Å². The summed E-state index contributed by atoms with van der Waals surface area (Å²) >= 11 is 6.55. The number of carbonyl (C=O) groups is 1. The largest absolute Gasteiger partial charge is 0.360 e. The molecule has 1 saturated heterocycles. The summed E-state index contributed by atoms with van der Waals surface area (Å²) in [6, 6.07) is 9.50. The highest BCUT2D eigenvalue weighted by atomic mass is 35.5. The fraction of sp³-hybridized carbons (Fsp3) is 0.346. The van der Waals surface area contributed by atoms with E-state index in [0.29, 0.717) is 22.8 Å². The molecule has 4 aromatic rings. The van der Waals surface area contributed by atoms with Crippen LogP contribution in [0, 0.1) is 0 Å². The van der Waals surface area contributed by atoms with Crippen LogP contribution in [0.2, 0.25) is 5.02 Å². The number of nitrogens with zero attached hydrogens (tertiary/aromatic N) is 6. The van der Waals surface area contributed by atoms with E-state index in [1.54, 1.807) is 18.5 Å². The number of anilines is 2. The Balaban J connectivity index is 1.22. The number of hydrogen-bond donors (Lipinski definition) is 2. The van der Waals surface area contributed by atoms with Gasteiger partial charge in [-0.15, -0.1) is 0 Å². The molecule has 0 saturated carbocycles. The van der Waals surface area contributed by atoms with Crippen LogP contribution in [0.4, 0.5) is 11.6 Å². The summed E-state index contributed by atoms with van der Waals surface area (Å²) in [5.41, 5.74) is 3.18. The van der Waals surface area contributed by atoms with Gasteiger partial charge in [0.2, 0.25) is 5.95 Å². The van der Waals surface area contributed by atoms with Crippen LogP contribution in [0.3, 0.4) is 0 Å². The fourth-order valence-corrected chi connectivity index (χ4v) is 4.24. The second-order valence-electron chi connectivity index (χ2n) is 10.3. The van der Waals surface area contributed by atoms with Crippen LogP contribution in [0.5, 0.6) is 0 Å². The molecule has 11 heteroatoms. The number of nitrogens with one attached hydrogen (secondary N) is 2. The number of aromatic nitrogens is 5. The molecule has 4 heterocycles. The van der Waals surface area contributed by atoms with E-state index < -0.39 is 0 Å². The van der Waals surface area contributed by atoms with Gasteiger partial charge in [0.1, 0.15) is 5.76 Å². The molecule has 1 aliphatic heterocycles. The smallest absolute Gasteiger partial charge is 0.273 e. The zero-order chi connectivity index (χ0) is 26.2. The second-order valence-corrected chi connectivity index (χ2v) is 10.7. The van der Waals surface area contributed by atoms with Gasteiger partial charge in [-0.05, 0) is 24.7 Å². The van der Waals surface area contributed by atoms with Crippen LogP contribution in [-0.4, -0.2) is 55.8 Å². The third-order valence-corrected chi connectivity index (χ3v) is 6.55. The van der Waals surface area contributed by atoms with Crippen molar-refractivity contribution in [2.75, 3.05) is 25.5 Å². The maximum absolute atomic E-state index is 12.5. The minimum absolute atomic E-state index is 0.226. The Morgan fingerprint density at radius 2 is 2.03 bits per heavy atom. The number of amides is 1. The Morgan fingerprint density at radius 3 is 2.73 bits per heavy atom. The third kappa shape index (κ3) is 5.65. The van der Waals surface area contributed by atoms with E-state index in [-0.39, 0.29) is 23.6 Å². The first kappa shape index (κ1) is 24.9. The molecule has 2 N–H and O–H groups in total. The molecule has 1 amide bonds. The number of rotatable bonds is 7. The van der Waals surface area contributed by atoms with Crippen molar-refractivity contribution < 1.29 is 9.32 Å². The lowest BCUT2D eigenvalue weighted by molar-refractivity contribution is 0.0941. The molecule has 0 unspecified atom stereocenters. The number of benzene rings is 1. The number of halogens is 1. The number of carbonyl (C=O) groups excluding carboxylic acids is 1. The van der Waals surface area contributed by atoms with Crippen molar-refractivity contribution in [3.8, 4) is 11.3 Å². The Hall–Kier alpha value is -3.76. The Morgan fingerprint density at radius 1 is 1.22 bits per heavy atom. The molecule has 0 atom stereocenters. The number of likely N-dealkylation sites (tertiary alicyclic amines) is 1. The molecule has 1 aliphatic rings. The molecule has 37 heavy (non-hydrogen) atoms. The van der Waals surface area contributed by atoms with E-state index in [4.69, 9.17) is 16.1 Å². The normalized spacial score (nSPS) is 14.4. The van der Waals surface area contributed by atoms with Crippen molar-refractivity contribution in [3.05, 3.63) is 71.0 Å². The van der Waals surface area contributed by atoms with E-state index in [0.717, 1.165) is 35.6 Å². The summed E-state index contributed by atoms with van der Waals surface area (Å²) in [6.07, 6.45) is 5.44. The van der Waals surface area contributed by atoms with Gasteiger partial charge in [0.05, 0.1) is 23.6 Å². The van der Waals surface area contributed by atoms with Crippen molar-refractivity contribution in [1.82, 2.24) is 35.1 Å². The first-order valence-electron chi connectivity index (χ1n) is 12.0. The molecular weight excluding hydrogens is 492 g/mol. The van der Waals surface area contributed by atoms with Gasteiger partial charge in [-0.25, -0.2) is 9.97 Å². The molecule has 5 rings (SSSR count). The highest BCUT2D eigenvalue weighted by Crippen LogP contribution is 2.27. The highest BCUT2D eigenvalue weighted by molar-refractivity contribution is 6.31. The van der Waals surface area contributed by atoms with Crippen LogP contribution >= 0.6 is 11.6 Å². The maximum atomic E-state index is 12.5. The molecule has 0 bridgehead atoms. The van der Waals surface area contributed by atoms with E-state index in [9.17, 15) is 4.79 Å². The van der Waals surface area contributed by atoms with Crippen molar-refractivity contribution in [1.29, 1.82) is 0 Å². The molecule has 10 nitrogen and oxygen atoms in total. The lowest BCUT2D eigenvalue weighted by Gasteiger charge is -2.36. The van der Waals surface area contributed by atoms with E-state index >= 15 is 0 Å². The first-order chi connectivity index (χ1) is 17.7. The lowest BCUT2D eigenvalue weighted by atomic mass is 9.93. The van der Waals surface area contributed by atoms with Crippen LogP contribution in [0.15, 0.2) is 53.4 Å². The van der Waals surface area contributed by atoms with Gasteiger partial charge in [0.15, 0.2) is 5.69 Å². The topological polar surface area (TPSA) is 114 Å². The molecule has 1 fully saturated rings. The summed E-state index contributed by atoms with van der Waals surface area (Å²) in [6.45, 7) is 8.23. The summed E-state index contributed by atoms with van der Waals surface area (Å²) in [5, 5.41) is 14.9. The summed E-state index contributed by atoms with van der Waals surface area (Å²) in [7, 11) is 2.09. The standard InChI is InChI=1S/C26H29ClN8O2/c1-26(2,3)23-10-22(33-37-23)24(36)29-11-17-6-5-16(9-20(17)27)21-7-8-28-25(32-21)31-18-12-30-35(13-18)19-14-34(4)15-19/h5-10,12-13,19H,11,14-15H2,1-4H3,(H,29,36)(H,28,31,32). The quantitative estimate of drug-likeness (QED) is 0.367. The van der Waals surface area contributed by atoms with Crippen molar-refractivity contribution in [2.45, 2.75) is 38.8 Å². The van der Waals surface area contributed by atoms with Crippen molar-refractivity contribution in [2.24, 2.45) is 0 Å². The average Bonchev–Trinajstić information content (AvgIpc) is 3.51. The highest BCUT2D eigenvalue weighted by Gasteiger charge is 2.25. The summed E-state index contributed by atoms with van der Waals surface area (Å²) < 4.78 is 7.27. The molecule has 1 aromatic carbocycles. The van der Waals surface area contributed by atoms with E-state index in [1.165, 1.54) is 0 Å². The van der Waals surface area contributed by atoms with Gasteiger partial charge >= 0.3 is 0 Å². The van der Waals surface area contributed by atoms with Gasteiger partial charge < -0.3 is 20.1 Å². The molecular formula is C26H29ClN8O2. The Kier molecular flexibility index (Phi) is 6.70. The lowest BCUT2D eigenvalue weighted by Crippen LogP contribution is -2.45. The van der Waals surface area contributed by atoms with Crippen molar-refractivity contribution >= 4 is 29.1 Å². The third-order valence-electron chi connectivity index (χ3n) is 6.20. The van der Waals surface area contributed by atoms with Crippen LogP contribution in [0.1, 0.15) is 48.6 Å². The molecule has 192 valence electrons. The maximum Gasteiger partial charge on any atom is 0.273 e. The van der Waals surface area contributed by atoms with Crippen LogP contribution in [-0.2, 0) is 12.0 Å². The minimum atomic E-state index is -0.321. The van der Waals surface area contributed by atoms with Crippen LogP contribution in [0.25, 0.3) is 11.3 Å². The molecule has 0 aliphatic carbocycles. The Labute approximate surface area is 220 Å². The van der Waals surface area contributed by atoms with Crippen LogP contribution < -0.4 is 10.6 Å². The zero-order valence-electron chi connectivity index (χ0n) is 21.2. The van der Waals surface area contributed by atoms with Gasteiger partial charge in [-0.1, -0.05) is 49.7 Å². The SMILES string of the molecule is CN1CC(n2cc(Nc3nccc(-c4ccc(CNC(=O)c5cc(C(C)(C)C)on5)c(Cl)c4)n3)cn2)C1. The first-order valence-corrected chi connectivity index (χ1v) is 12.4. The molecule has 0 spiro atoms. The van der Waals surface area contributed by atoms with Gasteiger partial charge in [-0.3, -0.25) is 9.48 Å². The average molecular weight is 521 g/mol. The van der Waals surface area contributed by atoms with Crippen molar-refractivity contribution in [3.63, 3.8) is 0 Å². The van der Waals surface area contributed by atoms with E-state index in [2.05, 4.69) is 42.8 Å². The van der Waals surface area contributed by atoms with Gasteiger partial charge in [-0.2, -0.15) is 5.10 Å². The summed E-state index contributed by atoms with van der Waals surface area (Å²) in [5.74, 6) is 0.801. The van der Waals surface area contributed by atoms with Gasteiger partial charge in [0, 0.05) is 54.1 Å². The number of likely N-dealkylation sites (N-methyl/N-ethyl adjacent to an activating group) is 1. The monoisotopic (exact) mass is 520 g/mol.